The maximum atomic E-state index is 8.25. The lowest BCUT2D eigenvalue weighted by molar-refractivity contribution is -0.402. The van der Waals surface area contributed by atoms with Crippen LogP contribution >= 0.6 is 0 Å². The van der Waals surface area contributed by atoms with Crippen molar-refractivity contribution in [3.63, 3.8) is 0 Å². The summed E-state index contributed by atoms with van der Waals surface area (Å²) in [5.41, 5.74) is 5.85. The van der Waals surface area contributed by atoms with E-state index >= 15 is 0 Å². The summed E-state index contributed by atoms with van der Waals surface area (Å²) >= 11 is 0. The third-order valence-electron chi connectivity index (χ3n) is 0.812. The first-order valence-electron chi connectivity index (χ1n) is 2.73. The predicted molar refractivity (Wildman–Crippen MR) is 39.2 cm³/mol. The molecule has 5 N–H and O–H groups in total. The second-order valence-corrected chi connectivity index (χ2v) is 1.65. The van der Waals surface area contributed by atoms with Crippen LogP contribution in [-0.2, 0) is 0 Å². The third kappa shape index (κ3) is 4.73. The number of nitrogens with two attached hydrogens (primary N) is 2. The molecule has 12 heavy (non-hydrogen) atoms. The summed E-state index contributed by atoms with van der Waals surface area (Å²) in [6, 6.07) is 1.70. The Morgan fingerprint density at radius 1 is 1.75 bits per heavy atom. The van der Waals surface area contributed by atoms with Crippen LogP contribution in [0.3, 0.4) is 0 Å². The monoisotopic (exact) mass is 173 g/mol. The summed E-state index contributed by atoms with van der Waals surface area (Å²) in [5, 5.41) is 26.2. The molecule has 0 amide bonds. The Kier molecular flexibility index (Phi) is 3.84. The maximum Gasteiger partial charge on any atom is 0.289 e. The summed E-state index contributed by atoms with van der Waals surface area (Å²) in [6.07, 6.45) is 1.59. The molecule has 1 aromatic rings. The van der Waals surface area contributed by atoms with E-state index in [4.69, 9.17) is 26.5 Å². The van der Waals surface area contributed by atoms with Crippen molar-refractivity contribution in [3.8, 4) is 0 Å². The molecule has 0 saturated heterocycles. The fourth-order valence-corrected chi connectivity index (χ4v) is 0.417. The van der Waals surface area contributed by atoms with Crippen molar-refractivity contribution in [1.29, 1.82) is 0 Å². The molecule has 0 unspecified atom stereocenters. The van der Waals surface area contributed by atoms with E-state index in [2.05, 4.69) is 10.2 Å². The number of nitrogens with one attached hydrogen (secondary N) is 1. The molecule has 0 aliphatic carbocycles. The van der Waals surface area contributed by atoms with Crippen LogP contribution in [0, 0.1) is 15.3 Å². The van der Waals surface area contributed by atoms with E-state index in [0.717, 1.165) is 0 Å². The van der Waals surface area contributed by atoms with Crippen molar-refractivity contribution in [1.82, 2.24) is 10.2 Å². The lowest BCUT2D eigenvalue weighted by Gasteiger charge is -1.78. The average Bonchev–Trinajstić information content (AvgIpc) is 2.34. The van der Waals surface area contributed by atoms with Crippen molar-refractivity contribution in [3.05, 3.63) is 33.3 Å². The number of aromatic nitrogens is 2. The molecule has 0 aliphatic heterocycles. The molecular weight excluding hydrogens is 166 g/mol. The van der Waals surface area contributed by atoms with Crippen LogP contribution in [0.4, 0.5) is 0 Å². The fraction of sp³-hybridized carbons (Fsp3) is 0. The van der Waals surface area contributed by atoms with Gasteiger partial charge in [-0.3, -0.25) is 16.2 Å². The van der Waals surface area contributed by atoms with E-state index in [1.54, 1.807) is 12.3 Å². The van der Waals surface area contributed by atoms with Gasteiger partial charge < -0.3 is 15.3 Å². The lowest BCUT2D eigenvalue weighted by atomic mass is 10.4. The minimum Gasteiger partial charge on any atom is -0.356 e. The van der Waals surface area contributed by atoms with Crippen molar-refractivity contribution >= 4 is 5.84 Å². The van der Waals surface area contributed by atoms with Gasteiger partial charge in [0.1, 0.15) is 5.69 Å². The van der Waals surface area contributed by atoms with E-state index in [-0.39, 0.29) is 5.84 Å². The van der Waals surface area contributed by atoms with Crippen molar-refractivity contribution in [2.24, 2.45) is 5.73 Å². The Labute approximate surface area is 66.6 Å². The molecule has 66 valence electrons. The number of aromatic amines is 1. The first-order valence-corrected chi connectivity index (χ1v) is 2.73. The van der Waals surface area contributed by atoms with E-state index in [1.807, 2.05) is 0 Å². The highest BCUT2D eigenvalue weighted by Gasteiger charge is 1.98. The first kappa shape index (κ1) is 9.88. The van der Waals surface area contributed by atoms with Crippen LogP contribution in [0.25, 0.3) is 0 Å². The normalized spacial score (nSPS) is 8.00. The Balaban J connectivity index is 0.000000261. The number of hydrogen-bond donors (Lipinski definition) is 3. The topological polar surface area (TPSA) is 146 Å². The molecule has 0 bridgehead atoms. The quantitative estimate of drug-likeness (QED) is 0.188. The highest BCUT2D eigenvalue weighted by molar-refractivity contribution is 5.90. The molecule has 0 aromatic carbocycles. The molecular formula is C4H7N5O3. The van der Waals surface area contributed by atoms with Crippen LogP contribution in [-0.4, -0.2) is 21.1 Å². The molecule has 0 atom stereocenters. The Morgan fingerprint density at radius 2 is 2.25 bits per heavy atom. The van der Waals surface area contributed by atoms with E-state index in [9.17, 15) is 0 Å². The molecule has 0 aliphatic rings. The number of hydrogen-bond acceptors (Lipinski definition) is 4. The van der Waals surface area contributed by atoms with E-state index in [1.165, 1.54) is 0 Å². The van der Waals surface area contributed by atoms with Gasteiger partial charge in [0, 0.05) is 6.20 Å². The van der Waals surface area contributed by atoms with Gasteiger partial charge in [0.15, 0.2) is 0 Å². The van der Waals surface area contributed by atoms with Gasteiger partial charge in [-0.1, -0.05) is 0 Å². The van der Waals surface area contributed by atoms with Gasteiger partial charge in [0.25, 0.3) is 5.84 Å². The Bertz CT molecular complexity index is 252. The third-order valence-corrected chi connectivity index (χ3v) is 0.812. The molecule has 8 nitrogen and oxygen atoms in total. The summed E-state index contributed by atoms with van der Waals surface area (Å²) in [6.45, 7) is 0. The number of nitrogens with zero attached hydrogens (tertiary/aromatic N) is 2. The number of rotatable bonds is 1. The summed E-state index contributed by atoms with van der Waals surface area (Å²) in [7, 11) is 0. The molecule has 0 saturated carbocycles. The van der Waals surface area contributed by atoms with Crippen molar-refractivity contribution in [2.45, 2.75) is 0 Å². The zero-order valence-electron chi connectivity index (χ0n) is 5.93. The van der Waals surface area contributed by atoms with E-state index < -0.39 is 5.09 Å². The van der Waals surface area contributed by atoms with Crippen LogP contribution in [0.5, 0.6) is 0 Å². The zero-order chi connectivity index (χ0) is 9.56. The number of amidine groups is 1. The Morgan fingerprint density at radius 3 is 2.42 bits per heavy atom. The first-order chi connectivity index (χ1) is 5.54. The standard InChI is InChI=1S/C4H6N4.NO3/c5-4(6)3-1-2-7-8-3;2-1(3)4/h1-2H,(H3,5,6)(H,7,8);/q;-1/p+1. The van der Waals surface area contributed by atoms with E-state index in [0.29, 0.717) is 5.69 Å². The average molecular weight is 173 g/mol. The zero-order valence-corrected chi connectivity index (χ0v) is 5.93. The molecule has 0 radical (unpaired) electrons. The van der Waals surface area contributed by atoms with Crippen LogP contribution in [0.15, 0.2) is 12.3 Å². The highest BCUT2D eigenvalue weighted by Crippen LogP contribution is 1.83. The van der Waals surface area contributed by atoms with Gasteiger partial charge in [-0.15, -0.1) is 0 Å². The summed E-state index contributed by atoms with van der Waals surface area (Å²) in [4.78, 5) is 8.25. The van der Waals surface area contributed by atoms with Gasteiger partial charge in [0.2, 0.25) is 0 Å². The van der Waals surface area contributed by atoms with Gasteiger partial charge in [-0.2, -0.15) is 5.10 Å². The second-order valence-electron chi connectivity index (χ2n) is 1.65. The minimum absolute atomic E-state index is 0.266. The lowest BCUT2D eigenvalue weighted by Crippen LogP contribution is -2.46. The number of H-pyrrole nitrogens is 1. The fourth-order valence-electron chi connectivity index (χ4n) is 0.417. The summed E-state index contributed by atoms with van der Waals surface area (Å²) < 4.78 is 0. The Hall–Kier alpha value is -2.12. The van der Waals surface area contributed by atoms with Crippen LogP contribution < -0.4 is 11.1 Å². The molecule has 0 spiro atoms. The van der Waals surface area contributed by atoms with Gasteiger partial charge in [0.05, 0.1) is 5.09 Å². The van der Waals surface area contributed by atoms with Crippen LogP contribution in [0.2, 0.25) is 0 Å². The molecule has 1 aromatic heterocycles. The molecule has 0 fully saturated rings. The second kappa shape index (κ2) is 4.66. The van der Waals surface area contributed by atoms with Gasteiger partial charge in [-0.25, -0.2) is 0 Å². The predicted octanol–water partition coefficient (Wildman–Crippen LogP) is -2.36. The largest absolute Gasteiger partial charge is 0.356 e. The van der Waals surface area contributed by atoms with Crippen molar-refractivity contribution < 1.29 is 10.5 Å². The highest BCUT2D eigenvalue weighted by atomic mass is 16.9. The maximum absolute atomic E-state index is 8.25. The summed E-state index contributed by atoms with van der Waals surface area (Å²) in [5.74, 6) is 0.266. The van der Waals surface area contributed by atoms with Gasteiger partial charge in [-0.05, 0) is 6.07 Å². The van der Waals surface area contributed by atoms with Crippen molar-refractivity contribution in [2.75, 3.05) is 0 Å². The molecule has 1 rings (SSSR count). The SMILES string of the molecule is NC(=[NH2+])c1ccn[nH]1.O=[N+]([O-])[O-]. The molecule has 1 heterocycles. The minimum atomic E-state index is -1.75. The van der Waals surface area contributed by atoms with Crippen LogP contribution in [0.1, 0.15) is 5.69 Å². The smallest absolute Gasteiger partial charge is 0.289 e. The van der Waals surface area contributed by atoms with Gasteiger partial charge >= 0.3 is 0 Å². The molecule has 8 heteroatoms.